The highest BCUT2D eigenvalue weighted by Crippen LogP contribution is 2.28. The zero-order valence-electron chi connectivity index (χ0n) is 13.9. The van der Waals surface area contributed by atoms with Crippen molar-refractivity contribution in [2.24, 2.45) is 0 Å². The van der Waals surface area contributed by atoms with Gasteiger partial charge in [0, 0.05) is 6.04 Å². The van der Waals surface area contributed by atoms with Gasteiger partial charge >= 0.3 is 0 Å². The lowest BCUT2D eigenvalue weighted by Gasteiger charge is -2.26. The van der Waals surface area contributed by atoms with Crippen LogP contribution in [-0.2, 0) is 12.8 Å². The maximum absolute atomic E-state index is 9.86. The number of aromatic hydroxyl groups is 1. The lowest BCUT2D eigenvalue weighted by Crippen LogP contribution is -2.35. The van der Waals surface area contributed by atoms with Crippen LogP contribution in [-0.4, -0.2) is 17.7 Å². The number of halogens is 1. The summed E-state index contributed by atoms with van der Waals surface area (Å²) in [4.78, 5) is 0. The highest BCUT2D eigenvalue weighted by atomic mass is 79.9. The van der Waals surface area contributed by atoms with Gasteiger partial charge in [-0.1, -0.05) is 57.6 Å². The molecule has 1 unspecified atom stereocenters. The van der Waals surface area contributed by atoms with Gasteiger partial charge in [0.25, 0.3) is 0 Å². The number of nitrogens with one attached hydrogen (secondary N) is 1. The first-order valence-electron chi connectivity index (χ1n) is 8.84. The molecular formula is C19H32BrNO. The van der Waals surface area contributed by atoms with E-state index < -0.39 is 0 Å². The number of unbranched alkanes of at least 4 members (excludes halogenated alkanes) is 6. The molecule has 3 heteroatoms. The van der Waals surface area contributed by atoms with Crippen molar-refractivity contribution in [3.8, 4) is 5.75 Å². The third-order valence-corrected chi connectivity index (χ3v) is 4.67. The molecule has 0 saturated heterocycles. The maximum Gasteiger partial charge on any atom is 0.119 e. The minimum Gasteiger partial charge on any atom is -0.508 e. The Morgan fingerprint density at radius 2 is 1.82 bits per heavy atom. The molecular weight excluding hydrogens is 338 g/mol. The second-order valence-electron chi connectivity index (χ2n) is 6.43. The lowest BCUT2D eigenvalue weighted by atomic mass is 9.87. The predicted molar refractivity (Wildman–Crippen MR) is 100 cm³/mol. The molecule has 0 amide bonds. The first kappa shape index (κ1) is 19.5. The first-order chi connectivity index (χ1) is 10.3. The minimum absolute atomic E-state index is 0. The van der Waals surface area contributed by atoms with Gasteiger partial charge in [-0.05, 0) is 49.4 Å². The van der Waals surface area contributed by atoms with Crippen LogP contribution in [0.4, 0.5) is 0 Å². The van der Waals surface area contributed by atoms with E-state index in [0.29, 0.717) is 11.8 Å². The summed E-state index contributed by atoms with van der Waals surface area (Å²) in [5.41, 5.74) is 2.50. The Hall–Kier alpha value is -0.540. The standard InChI is InChI=1S/C19H31NO.BrH/c1-2-3-4-5-6-7-8-14-20-17-12-13-18-16(15-17)10-9-11-19(18)21;/h9-11,17,20-21H,2-8,12-15H2,1H3;1H. The monoisotopic (exact) mass is 369 g/mol. The Labute approximate surface area is 146 Å². The summed E-state index contributed by atoms with van der Waals surface area (Å²) in [6, 6.07) is 6.54. The topological polar surface area (TPSA) is 32.3 Å². The molecule has 0 fully saturated rings. The molecule has 0 heterocycles. The van der Waals surface area contributed by atoms with E-state index in [2.05, 4.69) is 18.3 Å². The van der Waals surface area contributed by atoms with Gasteiger partial charge in [-0.25, -0.2) is 0 Å². The second-order valence-corrected chi connectivity index (χ2v) is 6.43. The number of hydrogen-bond acceptors (Lipinski definition) is 2. The van der Waals surface area contributed by atoms with E-state index >= 15 is 0 Å². The van der Waals surface area contributed by atoms with Gasteiger partial charge in [-0.2, -0.15) is 0 Å². The molecule has 22 heavy (non-hydrogen) atoms. The molecule has 0 aliphatic heterocycles. The van der Waals surface area contributed by atoms with E-state index in [0.717, 1.165) is 25.8 Å². The van der Waals surface area contributed by atoms with Crippen LogP contribution in [0.2, 0.25) is 0 Å². The molecule has 1 aliphatic rings. The van der Waals surface area contributed by atoms with Gasteiger partial charge < -0.3 is 10.4 Å². The van der Waals surface area contributed by atoms with Crippen molar-refractivity contribution in [3.63, 3.8) is 0 Å². The van der Waals surface area contributed by atoms with Crippen LogP contribution in [0.15, 0.2) is 18.2 Å². The zero-order valence-corrected chi connectivity index (χ0v) is 15.7. The first-order valence-corrected chi connectivity index (χ1v) is 8.84. The number of phenols is 1. The molecule has 2 N–H and O–H groups in total. The van der Waals surface area contributed by atoms with Crippen molar-refractivity contribution in [1.82, 2.24) is 5.32 Å². The fourth-order valence-corrected chi connectivity index (χ4v) is 3.35. The number of phenolic OH excluding ortho intramolecular Hbond substituents is 1. The molecule has 2 nitrogen and oxygen atoms in total. The molecule has 0 saturated carbocycles. The van der Waals surface area contributed by atoms with Gasteiger partial charge in [0.1, 0.15) is 5.75 Å². The van der Waals surface area contributed by atoms with Crippen LogP contribution in [0.5, 0.6) is 5.75 Å². The molecule has 2 rings (SSSR count). The van der Waals surface area contributed by atoms with Crippen molar-refractivity contribution in [2.45, 2.75) is 77.2 Å². The summed E-state index contributed by atoms with van der Waals surface area (Å²) in [6.45, 7) is 3.42. The fourth-order valence-electron chi connectivity index (χ4n) is 3.35. The summed E-state index contributed by atoms with van der Waals surface area (Å²) >= 11 is 0. The Morgan fingerprint density at radius 3 is 2.59 bits per heavy atom. The summed E-state index contributed by atoms with van der Waals surface area (Å²) in [7, 11) is 0. The van der Waals surface area contributed by atoms with E-state index in [-0.39, 0.29) is 17.0 Å². The lowest BCUT2D eigenvalue weighted by molar-refractivity contribution is 0.426. The normalized spacial score (nSPS) is 16.9. The Bertz CT molecular complexity index is 422. The fraction of sp³-hybridized carbons (Fsp3) is 0.684. The largest absolute Gasteiger partial charge is 0.508 e. The summed E-state index contributed by atoms with van der Waals surface area (Å²) < 4.78 is 0. The number of fused-ring (bicyclic) bond motifs is 1. The van der Waals surface area contributed by atoms with Crippen molar-refractivity contribution < 1.29 is 5.11 Å². The van der Waals surface area contributed by atoms with Crippen LogP contribution in [0.1, 0.15) is 69.4 Å². The maximum atomic E-state index is 9.86. The number of hydrogen-bond donors (Lipinski definition) is 2. The second kappa shape index (κ2) is 11.1. The van der Waals surface area contributed by atoms with Crippen molar-refractivity contribution in [2.75, 3.05) is 6.54 Å². The van der Waals surface area contributed by atoms with Gasteiger partial charge in [0.2, 0.25) is 0 Å². The van der Waals surface area contributed by atoms with Crippen LogP contribution in [0, 0.1) is 0 Å². The molecule has 0 spiro atoms. The minimum atomic E-state index is 0. The third-order valence-electron chi connectivity index (χ3n) is 4.67. The molecule has 0 bridgehead atoms. The van der Waals surface area contributed by atoms with Crippen LogP contribution >= 0.6 is 17.0 Å². The van der Waals surface area contributed by atoms with Crippen LogP contribution < -0.4 is 5.32 Å². The van der Waals surface area contributed by atoms with Crippen molar-refractivity contribution in [3.05, 3.63) is 29.3 Å². The highest BCUT2D eigenvalue weighted by molar-refractivity contribution is 8.93. The molecule has 1 atom stereocenters. The predicted octanol–water partition coefficient (Wildman–Crippen LogP) is 5.17. The van der Waals surface area contributed by atoms with E-state index in [1.807, 2.05) is 12.1 Å². The third kappa shape index (κ3) is 6.29. The van der Waals surface area contributed by atoms with E-state index in [4.69, 9.17) is 0 Å². The Morgan fingerprint density at radius 1 is 1.09 bits per heavy atom. The van der Waals surface area contributed by atoms with E-state index in [9.17, 15) is 5.11 Å². The van der Waals surface area contributed by atoms with Crippen LogP contribution in [0.25, 0.3) is 0 Å². The summed E-state index contributed by atoms with van der Waals surface area (Å²) in [5, 5.41) is 13.6. The summed E-state index contributed by atoms with van der Waals surface area (Å²) in [5.74, 6) is 0.484. The zero-order chi connectivity index (χ0) is 14.9. The van der Waals surface area contributed by atoms with Crippen molar-refractivity contribution >= 4 is 17.0 Å². The molecule has 0 radical (unpaired) electrons. The Balaban J connectivity index is 0.00000242. The van der Waals surface area contributed by atoms with E-state index in [1.54, 1.807) is 0 Å². The highest BCUT2D eigenvalue weighted by Gasteiger charge is 2.19. The molecule has 0 aromatic heterocycles. The molecule has 1 aromatic carbocycles. The van der Waals surface area contributed by atoms with Crippen molar-refractivity contribution in [1.29, 1.82) is 0 Å². The number of rotatable bonds is 9. The van der Waals surface area contributed by atoms with Crippen LogP contribution in [0.3, 0.4) is 0 Å². The van der Waals surface area contributed by atoms with Gasteiger partial charge in [0.05, 0.1) is 0 Å². The summed E-state index contributed by atoms with van der Waals surface area (Å²) in [6.07, 6.45) is 12.8. The smallest absolute Gasteiger partial charge is 0.119 e. The Kier molecular flexibility index (Phi) is 9.81. The molecule has 1 aliphatic carbocycles. The van der Waals surface area contributed by atoms with Gasteiger partial charge in [0.15, 0.2) is 0 Å². The van der Waals surface area contributed by atoms with E-state index in [1.165, 1.54) is 56.1 Å². The molecule has 126 valence electrons. The quantitative estimate of drug-likeness (QED) is 0.588. The average Bonchev–Trinajstić information content (AvgIpc) is 2.50. The van der Waals surface area contributed by atoms with Gasteiger partial charge in [-0.15, -0.1) is 17.0 Å². The SMILES string of the molecule is Br.CCCCCCCCCNC1CCc2c(O)cccc2C1. The average molecular weight is 370 g/mol. The molecule has 1 aromatic rings. The van der Waals surface area contributed by atoms with Gasteiger partial charge in [-0.3, -0.25) is 0 Å². The number of benzene rings is 1.